The summed E-state index contributed by atoms with van der Waals surface area (Å²) in [5.74, 6) is -3.02. The first kappa shape index (κ1) is 34.2. The zero-order valence-electron chi connectivity index (χ0n) is 25.0. The highest BCUT2D eigenvalue weighted by Crippen LogP contribution is 2.41. The number of ether oxygens (including phenoxy) is 1. The van der Waals surface area contributed by atoms with Gasteiger partial charge in [-0.3, -0.25) is 28.3 Å². The molecule has 1 aromatic heterocycles. The Morgan fingerprint density at radius 2 is 1.89 bits per heavy atom. The Bertz CT molecular complexity index is 1710. The van der Waals surface area contributed by atoms with Crippen LogP contribution in [0.2, 0.25) is 5.02 Å². The summed E-state index contributed by atoms with van der Waals surface area (Å²) >= 11 is 5.80. The van der Waals surface area contributed by atoms with E-state index in [1.165, 1.54) is 54.1 Å². The SMILES string of the molecule is CC(=O)c1cn(CC(=O)N2C[C@H](F)C[C@H]2C(=O)NCc2cccc(Cl)c2F)c2cc(P(=O)(O)OCOC(=O)C(C)(C)C)ccc12. The molecule has 242 valence electrons. The van der Waals surface area contributed by atoms with Crippen molar-refractivity contribution in [2.24, 2.45) is 5.41 Å². The van der Waals surface area contributed by atoms with Gasteiger partial charge in [-0.2, -0.15) is 0 Å². The Morgan fingerprint density at radius 3 is 2.56 bits per heavy atom. The van der Waals surface area contributed by atoms with Gasteiger partial charge in [0.15, 0.2) is 5.78 Å². The first-order chi connectivity index (χ1) is 21.0. The predicted octanol–water partition coefficient (Wildman–Crippen LogP) is 4.27. The second-order valence-electron chi connectivity index (χ2n) is 11.7. The summed E-state index contributed by atoms with van der Waals surface area (Å²) in [4.78, 5) is 62.5. The minimum absolute atomic E-state index is 0.118. The third-order valence-corrected chi connectivity index (χ3v) is 8.94. The lowest BCUT2D eigenvalue weighted by atomic mass is 9.98. The Morgan fingerprint density at radius 1 is 1.18 bits per heavy atom. The fourth-order valence-electron chi connectivity index (χ4n) is 4.84. The van der Waals surface area contributed by atoms with Crippen LogP contribution in [0.15, 0.2) is 42.6 Å². The second kappa shape index (κ2) is 13.4. The van der Waals surface area contributed by atoms with Gasteiger partial charge < -0.3 is 24.4 Å². The lowest BCUT2D eigenvalue weighted by Gasteiger charge is -2.24. The third kappa shape index (κ3) is 7.78. The van der Waals surface area contributed by atoms with Crippen molar-refractivity contribution >= 4 is 59.0 Å². The van der Waals surface area contributed by atoms with Gasteiger partial charge >= 0.3 is 13.6 Å². The van der Waals surface area contributed by atoms with Gasteiger partial charge in [0.05, 0.1) is 27.8 Å². The lowest BCUT2D eigenvalue weighted by Crippen LogP contribution is -2.46. The quantitative estimate of drug-likeness (QED) is 0.141. The fraction of sp³-hybridized carbons (Fsp3) is 0.400. The topological polar surface area (TPSA) is 144 Å². The number of hydrogen-bond acceptors (Lipinski definition) is 7. The van der Waals surface area contributed by atoms with Crippen LogP contribution >= 0.6 is 19.2 Å². The number of esters is 1. The maximum absolute atomic E-state index is 14.5. The molecule has 1 fully saturated rings. The number of amides is 2. The number of nitrogens with zero attached hydrogens (tertiary/aromatic N) is 2. The third-order valence-electron chi connectivity index (χ3n) is 7.26. The van der Waals surface area contributed by atoms with Crippen molar-refractivity contribution in [3.05, 3.63) is 64.6 Å². The van der Waals surface area contributed by atoms with Gasteiger partial charge in [-0.15, -0.1) is 0 Å². The number of alkyl halides is 1. The monoisotopic (exact) mass is 667 g/mol. The molecule has 0 radical (unpaired) electrons. The van der Waals surface area contributed by atoms with Gasteiger partial charge in [0, 0.05) is 35.7 Å². The Kier molecular flexibility index (Phi) is 10.2. The van der Waals surface area contributed by atoms with Crippen LogP contribution in [0.3, 0.4) is 0 Å². The molecule has 4 rings (SSSR count). The number of carbonyl (C=O) groups is 4. The van der Waals surface area contributed by atoms with E-state index in [0.717, 1.165) is 4.90 Å². The zero-order chi connectivity index (χ0) is 33.3. The van der Waals surface area contributed by atoms with Crippen molar-refractivity contribution in [3.8, 4) is 0 Å². The van der Waals surface area contributed by atoms with Gasteiger partial charge in [0.1, 0.15) is 24.6 Å². The summed E-state index contributed by atoms with van der Waals surface area (Å²) in [6, 6.07) is 7.11. The molecule has 0 saturated carbocycles. The average Bonchev–Trinajstić information content (AvgIpc) is 3.53. The van der Waals surface area contributed by atoms with Crippen LogP contribution in [-0.2, 0) is 41.3 Å². The number of aromatic nitrogens is 1. The zero-order valence-corrected chi connectivity index (χ0v) is 26.7. The molecule has 3 atom stereocenters. The number of benzene rings is 2. The van der Waals surface area contributed by atoms with E-state index in [9.17, 15) is 37.4 Å². The smallest absolute Gasteiger partial charge is 0.361 e. The normalized spacial score (nSPS) is 18.1. The largest absolute Gasteiger partial charge is 0.438 e. The van der Waals surface area contributed by atoms with Crippen molar-refractivity contribution < 1.29 is 46.7 Å². The molecular weight excluding hydrogens is 635 g/mol. The molecule has 2 aromatic carbocycles. The molecule has 3 aromatic rings. The van der Waals surface area contributed by atoms with Gasteiger partial charge in [-0.25, -0.2) is 8.78 Å². The summed E-state index contributed by atoms with van der Waals surface area (Å²) in [5.41, 5.74) is -0.292. The van der Waals surface area contributed by atoms with E-state index in [-0.39, 0.29) is 52.3 Å². The van der Waals surface area contributed by atoms with E-state index >= 15 is 0 Å². The van der Waals surface area contributed by atoms with E-state index < -0.39 is 62.2 Å². The van der Waals surface area contributed by atoms with Crippen molar-refractivity contribution in [2.45, 2.75) is 59.4 Å². The molecular formula is C30H33ClF2N3O8P. The molecule has 1 unspecified atom stereocenters. The molecule has 11 nitrogen and oxygen atoms in total. The summed E-state index contributed by atoms with van der Waals surface area (Å²) in [7, 11) is -4.53. The number of Topliss-reactive ketones (excluding diaryl/α,β-unsaturated/α-hetero) is 1. The molecule has 2 amide bonds. The van der Waals surface area contributed by atoms with Crippen molar-refractivity contribution in [1.29, 1.82) is 0 Å². The minimum Gasteiger partial charge on any atom is -0.438 e. The Balaban J connectivity index is 1.54. The summed E-state index contributed by atoms with van der Waals surface area (Å²) in [6.45, 7) is 4.32. The summed E-state index contributed by atoms with van der Waals surface area (Å²) < 4.78 is 53.1. The summed E-state index contributed by atoms with van der Waals surface area (Å²) in [6.07, 6.45) is -0.364. The fourth-order valence-corrected chi connectivity index (χ4v) is 5.93. The molecule has 1 aliphatic heterocycles. The Labute approximate surface area is 262 Å². The van der Waals surface area contributed by atoms with Gasteiger partial charge in [0.25, 0.3) is 0 Å². The number of halogens is 3. The van der Waals surface area contributed by atoms with Crippen LogP contribution in [0.1, 0.15) is 50.0 Å². The first-order valence-electron chi connectivity index (χ1n) is 13.9. The van der Waals surface area contributed by atoms with E-state index in [4.69, 9.17) is 20.9 Å². The molecule has 2 N–H and O–H groups in total. The van der Waals surface area contributed by atoms with E-state index in [0.29, 0.717) is 5.39 Å². The maximum Gasteiger partial charge on any atom is 0.361 e. The maximum atomic E-state index is 14.5. The number of rotatable bonds is 10. The molecule has 1 saturated heterocycles. The number of carbonyl (C=O) groups excluding carboxylic acids is 4. The van der Waals surface area contributed by atoms with Crippen LogP contribution in [0.4, 0.5) is 8.78 Å². The van der Waals surface area contributed by atoms with Gasteiger partial charge in [-0.05, 0) is 45.9 Å². The molecule has 45 heavy (non-hydrogen) atoms. The molecule has 0 spiro atoms. The van der Waals surface area contributed by atoms with E-state index in [1.807, 2.05) is 0 Å². The van der Waals surface area contributed by atoms with Gasteiger partial charge in [0.2, 0.25) is 18.6 Å². The van der Waals surface area contributed by atoms with Crippen LogP contribution in [0, 0.1) is 11.2 Å². The minimum atomic E-state index is -4.53. The highest BCUT2D eigenvalue weighted by molar-refractivity contribution is 7.61. The van der Waals surface area contributed by atoms with E-state index in [1.54, 1.807) is 20.8 Å². The lowest BCUT2D eigenvalue weighted by molar-refractivity contribution is -0.159. The van der Waals surface area contributed by atoms with Crippen molar-refractivity contribution in [1.82, 2.24) is 14.8 Å². The van der Waals surface area contributed by atoms with Gasteiger partial charge in [-0.1, -0.05) is 29.8 Å². The first-order valence-corrected chi connectivity index (χ1v) is 15.9. The molecule has 15 heteroatoms. The second-order valence-corrected chi connectivity index (χ2v) is 13.9. The predicted molar refractivity (Wildman–Crippen MR) is 161 cm³/mol. The molecule has 1 aliphatic rings. The molecule has 0 bridgehead atoms. The van der Waals surface area contributed by atoms with Crippen LogP contribution in [0.5, 0.6) is 0 Å². The van der Waals surface area contributed by atoms with Crippen LogP contribution in [0.25, 0.3) is 10.9 Å². The highest BCUT2D eigenvalue weighted by Gasteiger charge is 2.40. The number of nitrogens with one attached hydrogen (secondary N) is 1. The summed E-state index contributed by atoms with van der Waals surface area (Å²) in [5, 5.41) is 2.59. The molecule has 2 heterocycles. The Hall–Kier alpha value is -3.64. The van der Waals surface area contributed by atoms with Crippen molar-refractivity contribution in [3.63, 3.8) is 0 Å². The molecule has 0 aliphatic carbocycles. The number of fused-ring (bicyclic) bond motifs is 1. The van der Waals surface area contributed by atoms with E-state index in [2.05, 4.69) is 5.32 Å². The number of hydrogen-bond donors (Lipinski definition) is 2. The average molecular weight is 668 g/mol. The number of ketones is 1. The number of likely N-dealkylation sites (tertiary alicyclic amines) is 1. The van der Waals surface area contributed by atoms with Crippen molar-refractivity contribution in [2.75, 3.05) is 13.3 Å². The highest BCUT2D eigenvalue weighted by atomic mass is 35.5. The van der Waals surface area contributed by atoms with Crippen LogP contribution < -0.4 is 10.6 Å². The standard InChI is InChI=1S/C30H33ClF2N3O8P/c1-17(37)22-14-35(24-11-20(8-9-21(22)24)45(41,42)44-16-43-29(40)30(2,3)4)15-26(38)36-13-19(32)10-25(36)28(39)34-12-18-6-5-7-23(31)27(18)33/h5-9,11,14,19,25H,10,12-13,15-16H2,1-4H3,(H,34,39)(H,41,42)/t19-,25+/m1/s1. The van der Waals surface area contributed by atoms with Crippen LogP contribution in [-0.4, -0.2) is 63.5 Å².